The fraction of sp³-hybridized carbons (Fsp3) is 0.294. The normalized spacial score (nSPS) is 18.7. The van der Waals surface area contributed by atoms with E-state index in [0.29, 0.717) is 12.5 Å². The van der Waals surface area contributed by atoms with E-state index in [1.54, 1.807) is 0 Å². The van der Waals surface area contributed by atoms with Crippen LogP contribution in [0.3, 0.4) is 0 Å². The van der Waals surface area contributed by atoms with E-state index in [4.69, 9.17) is 10.5 Å². The highest BCUT2D eigenvalue weighted by atomic mass is 79.9. The second kappa shape index (κ2) is 6.16. The molecule has 2 unspecified atom stereocenters. The van der Waals surface area contributed by atoms with Crippen molar-refractivity contribution in [2.45, 2.75) is 24.8 Å². The van der Waals surface area contributed by atoms with E-state index in [9.17, 15) is 4.39 Å². The van der Waals surface area contributed by atoms with E-state index in [0.717, 1.165) is 28.6 Å². The zero-order valence-corrected chi connectivity index (χ0v) is 13.1. The van der Waals surface area contributed by atoms with Crippen molar-refractivity contribution in [3.8, 4) is 5.75 Å². The van der Waals surface area contributed by atoms with Gasteiger partial charge in [0.2, 0.25) is 0 Å². The van der Waals surface area contributed by atoms with Gasteiger partial charge in [0.05, 0.1) is 6.61 Å². The molecule has 2 atom stereocenters. The summed E-state index contributed by atoms with van der Waals surface area (Å²) < 4.78 is 19.9. The van der Waals surface area contributed by atoms with Crippen LogP contribution in [-0.2, 0) is 0 Å². The maximum atomic E-state index is 13.5. The topological polar surface area (TPSA) is 35.2 Å². The summed E-state index contributed by atoms with van der Waals surface area (Å²) in [6, 6.07) is 12.7. The fourth-order valence-electron chi connectivity index (χ4n) is 2.89. The average molecular weight is 350 g/mol. The molecule has 2 N–H and O–H groups in total. The monoisotopic (exact) mass is 349 g/mol. The van der Waals surface area contributed by atoms with Crippen LogP contribution >= 0.6 is 15.9 Å². The fourth-order valence-corrected chi connectivity index (χ4v) is 3.38. The van der Waals surface area contributed by atoms with E-state index < -0.39 is 0 Å². The summed E-state index contributed by atoms with van der Waals surface area (Å²) in [5.74, 6) is 1.04. The van der Waals surface area contributed by atoms with Gasteiger partial charge in [0.25, 0.3) is 0 Å². The SMILES string of the molecule is NC(CC1CCOc2ccccc21)c1cc(F)cc(Br)c1. The van der Waals surface area contributed by atoms with Gasteiger partial charge >= 0.3 is 0 Å². The highest BCUT2D eigenvalue weighted by molar-refractivity contribution is 9.10. The number of hydrogen-bond acceptors (Lipinski definition) is 2. The molecule has 3 rings (SSSR count). The molecule has 0 fully saturated rings. The maximum absolute atomic E-state index is 13.5. The average Bonchev–Trinajstić information content (AvgIpc) is 2.46. The highest BCUT2D eigenvalue weighted by Crippen LogP contribution is 2.38. The van der Waals surface area contributed by atoms with Crippen LogP contribution in [-0.4, -0.2) is 6.61 Å². The molecule has 0 saturated carbocycles. The van der Waals surface area contributed by atoms with Gasteiger partial charge in [-0.25, -0.2) is 4.39 Å². The Kier molecular flexibility index (Phi) is 4.27. The molecule has 0 aromatic heterocycles. The van der Waals surface area contributed by atoms with Crippen molar-refractivity contribution in [3.63, 3.8) is 0 Å². The van der Waals surface area contributed by atoms with Gasteiger partial charge in [-0.2, -0.15) is 0 Å². The third-order valence-electron chi connectivity index (χ3n) is 3.93. The van der Waals surface area contributed by atoms with Crippen LogP contribution in [0, 0.1) is 5.82 Å². The Bertz CT molecular complexity index is 626. The zero-order chi connectivity index (χ0) is 14.8. The smallest absolute Gasteiger partial charge is 0.124 e. The van der Waals surface area contributed by atoms with E-state index in [1.807, 2.05) is 24.3 Å². The quantitative estimate of drug-likeness (QED) is 0.882. The van der Waals surface area contributed by atoms with E-state index in [1.165, 1.54) is 17.7 Å². The first-order valence-corrected chi connectivity index (χ1v) is 7.86. The Labute approximate surface area is 132 Å². The lowest BCUT2D eigenvalue weighted by atomic mass is 9.86. The molecule has 0 bridgehead atoms. The minimum absolute atomic E-state index is 0.187. The van der Waals surface area contributed by atoms with Crippen LogP contribution in [0.4, 0.5) is 4.39 Å². The molecule has 1 heterocycles. The number of fused-ring (bicyclic) bond motifs is 1. The van der Waals surface area contributed by atoms with Crippen LogP contribution < -0.4 is 10.5 Å². The second-order valence-corrected chi connectivity index (χ2v) is 6.33. The third kappa shape index (κ3) is 3.27. The Hall–Kier alpha value is -1.39. The standard InChI is InChI=1S/C17H17BrFNO/c18-13-7-12(8-14(19)10-13)16(20)9-11-5-6-21-17-4-2-1-3-15(11)17/h1-4,7-8,10-11,16H,5-6,9,20H2. The van der Waals surface area contributed by atoms with Gasteiger partial charge in [0.1, 0.15) is 11.6 Å². The summed E-state index contributed by atoms with van der Waals surface area (Å²) in [6.45, 7) is 0.710. The van der Waals surface area contributed by atoms with Crippen LogP contribution in [0.5, 0.6) is 5.75 Å². The van der Waals surface area contributed by atoms with Gasteiger partial charge in [-0.1, -0.05) is 34.1 Å². The molecule has 21 heavy (non-hydrogen) atoms. The first-order chi connectivity index (χ1) is 10.1. The maximum Gasteiger partial charge on any atom is 0.124 e. The Morgan fingerprint density at radius 1 is 1.29 bits per heavy atom. The Morgan fingerprint density at radius 2 is 2.10 bits per heavy atom. The predicted molar refractivity (Wildman–Crippen MR) is 84.9 cm³/mol. The minimum Gasteiger partial charge on any atom is -0.493 e. The molecule has 1 aliphatic rings. The summed E-state index contributed by atoms with van der Waals surface area (Å²) in [5, 5.41) is 0. The molecule has 2 aromatic carbocycles. The molecule has 0 aliphatic carbocycles. The van der Waals surface area contributed by atoms with Crippen molar-refractivity contribution in [1.29, 1.82) is 0 Å². The molecule has 4 heteroatoms. The molecule has 0 amide bonds. The molecule has 110 valence electrons. The van der Waals surface area contributed by atoms with Gasteiger partial charge < -0.3 is 10.5 Å². The number of ether oxygens (including phenoxy) is 1. The van der Waals surface area contributed by atoms with Crippen LogP contribution in [0.2, 0.25) is 0 Å². The van der Waals surface area contributed by atoms with Crippen LogP contribution in [0.25, 0.3) is 0 Å². The number of hydrogen-bond donors (Lipinski definition) is 1. The lowest BCUT2D eigenvalue weighted by molar-refractivity contribution is 0.259. The van der Waals surface area contributed by atoms with Crippen LogP contribution in [0.1, 0.15) is 35.9 Å². The van der Waals surface area contributed by atoms with Gasteiger partial charge in [0.15, 0.2) is 0 Å². The third-order valence-corrected chi connectivity index (χ3v) is 4.39. The van der Waals surface area contributed by atoms with E-state index >= 15 is 0 Å². The van der Waals surface area contributed by atoms with Gasteiger partial charge in [-0.05, 0) is 54.2 Å². The van der Waals surface area contributed by atoms with Gasteiger partial charge in [-0.15, -0.1) is 0 Å². The molecule has 0 saturated heterocycles. The highest BCUT2D eigenvalue weighted by Gasteiger charge is 2.23. The van der Waals surface area contributed by atoms with Crippen molar-refractivity contribution in [2.75, 3.05) is 6.61 Å². The van der Waals surface area contributed by atoms with E-state index in [-0.39, 0.29) is 11.9 Å². The van der Waals surface area contributed by atoms with Crippen molar-refractivity contribution in [3.05, 3.63) is 63.9 Å². The molecular weight excluding hydrogens is 333 g/mol. The molecule has 2 aromatic rings. The lowest BCUT2D eigenvalue weighted by Gasteiger charge is -2.28. The number of nitrogens with two attached hydrogens (primary N) is 1. The number of rotatable bonds is 3. The van der Waals surface area contributed by atoms with Crippen molar-refractivity contribution >= 4 is 15.9 Å². The summed E-state index contributed by atoms with van der Waals surface area (Å²) in [4.78, 5) is 0. The molecule has 0 radical (unpaired) electrons. The van der Waals surface area contributed by atoms with Gasteiger partial charge in [0, 0.05) is 10.5 Å². The number of halogens is 2. The minimum atomic E-state index is -0.262. The zero-order valence-electron chi connectivity index (χ0n) is 11.6. The lowest BCUT2D eigenvalue weighted by Crippen LogP contribution is -2.20. The summed E-state index contributed by atoms with van der Waals surface area (Å²) in [5.41, 5.74) is 8.32. The Morgan fingerprint density at radius 3 is 2.90 bits per heavy atom. The molecule has 0 spiro atoms. The van der Waals surface area contributed by atoms with Crippen molar-refractivity contribution in [2.24, 2.45) is 5.73 Å². The van der Waals surface area contributed by atoms with Crippen LogP contribution in [0.15, 0.2) is 46.9 Å². The number of para-hydroxylation sites is 1. The predicted octanol–water partition coefficient (Wildman–Crippen LogP) is 4.54. The molecule has 1 aliphatic heterocycles. The first kappa shape index (κ1) is 14.5. The molecular formula is C17H17BrFNO. The second-order valence-electron chi connectivity index (χ2n) is 5.42. The largest absolute Gasteiger partial charge is 0.493 e. The van der Waals surface area contributed by atoms with Crippen molar-refractivity contribution in [1.82, 2.24) is 0 Å². The van der Waals surface area contributed by atoms with E-state index in [2.05, 4.69) is 22.0 Å². The van der Waals surface area contributed by atoms with Crippen molar-refractivity contribution < 1.29 is 9.13 Å². The molecule has 2 nitrogen and oxygen atoms in total. The summed E-state index contributed by atoms with van der Waals surface area (Å²) >= 11 is 3.32. The number of benzene rings is 2. The first-order valence-electron chi connectivity index (χ1n) is 7.07. The Balaban J connectivity index is 1.81. The van der Waals surface area contributed by atoms with Gasteiger partial charge in [-0.3, -0.25) is 0 Å². The summed E-state index contributed by atoms with van der Waals surface area (Å²) in [7, 11) is 0. The summed E-state index contributed by atoms with van der Waals surface area (Å²) in [6.07, 6.45) is 1.73.